The molecule has 2 aliphatic heterocycles. The number of aryl methyl sites for hydroxylation is 1. The van der Waals surface area contributed by atoms with Gasteiger partial charge in [-0.15, -0.1) is 0 Å². The Kier molecular flexibility index (Phi) is 6.63. The molecule has 2 heterocycles. The standard InChI is InChI=1S/C28H32N4O2/c1-18-12-14-19(15-13-18)17-29-28(33)22-16-23(21-10-6-7-11-24(21)34-2)30-27-25(22)26(31-32-27)20-8-4-3-5-9-20/h3-15,22-23,25-27,30-32H,16-17H2,1-2H3,(H,29,33). The first-order valence-electron chi connectivity index (χ1n) is 11.9. The Balaban J connectivity index is 1.42. The van der Waals surface area contributed by atoms with Gasteiger partial charge in [0.25, 0.3) is 0 Å². The quantitative estimate of drug-likeness (QED) is 0.455. The highest BCUT2D eigenvalue weighted by Crippen LogP contribution is 2.43. The Bertz CT molecular complexity index is 1120. The lowest BCUT2D eigenvalue weighted by atomic mass is 9.74. The van der Waals surface area contributed by atoms with E-state index in [4.69, 9.17) is 4.74 Å². The molecule has 3 aromatic carbocycles. The van der Waals surface area contributed by atoms with Gasteiger partial charge in [-0.1, -0.05) is 78.4 Å². The molecule has 0 spiro atoms. The van der Waals surface area contributed by atoms with Gasteiger partial charge in [0.2, 0.25) is 5.91 Å². The van der Waals surface area contributed by atoms with Crippen LogP contribution < -0.4 is 26.2 Å². The summed E-state index contributed by atoms with van der Waals surface area (Å²) in [6.07, 6.45) is 0.637. The van der Waals surface area contributed by atoms with Gasteiger partial charge < -0.3 is 10.1 Å². The summed E-state index contributed by atoms with van der Waals surface area (Å²) >= 11 is 0. The molecule has 1 amide bonds. The van der Waals surface area contributed by atoms with E-state index in [0.29, 0.717) is 13.0 Å². The van der Waals surface area contributed by atoms with Crippen molar-refractivity contribution in [2.24, 2.45) is 11.8 Å². The molecule has 5 rings (SSSR count). The summed E-state index contributed by atoms with van der Waals surface area (Å²) in [5, 5.41) is 6.96. The molecule has 0 radical (unpaired) electrons. The van der Waals surface area contributed by atoms with Gasteiger partial charge in [0.15, 0.2) is 0 Å². The van der Waals surface area contributed by atoms with Gasteiger partial charge in [0.1, 0.15) is 5.75 Å². The topological polar surface area (TPSA) is 74.4 Å². The third-order valence-corrected chi connectivity index (χ3v) is 7.10. The zero-order valence-electron chi connectivity index (χ0n) is 19.6. The van der Waals surface area contributed by atoms with Crippen LogP contribution in [0.25, 0.3) is 0 Å². The van der Waals surface area contributed by atoms with Gasteiger partial charge in [0, 0.05) is 30.0 Å². The minimum absolute atomic E-state index is 0.00338. The van der Waals surface area contributed by atoms with Crippen LogP contribution in [0, 0.1) is 18.8 Å². The Hall–Kier alpha value is -3.19. The van der Waals surface area contributed by atoms with Crippen LogP contribution in [0.3, 0.4) is 0 Å². The molecule has 6 heteroatoms. The molecular formula is C28H32N4O2. The summed E-state index contributed by atoms with van der Waals surface area (Å²) in [5.74, 6) is 0.803. The van der Waals surface area contributed by atoms with Crippen LogP contribution in [0.1, 0.15) is 40.8 Å². The Morgan fingerprint density at radius 2 is 1.71 bits per heavy atom. The number of benzene rings is 3. The van der Waals surface area contributed by atoms with Crippen LogP contribution in [0.4, 0.5) is 0 Å². The maximum Gasteiger partial charge on any atom is 0.223 e. The van der Waals surface area contributed by atoms with Crippen molar-refractivity contribution in [2.45, 2.75) is 38.1 Å². The number of rotatable bonds is 6. The predicted molar refractivity (Wildman–Crippen MR) is 133 cm³/mol. The van der Waals surface area contributed by atoms with Crippen molar-refractivity contribution in [3.05, 3.63) is 101 Å². The van der Waals surface area contributed by atoms with Crippen LogP contribution in [-0.2, 0) is 11.3 Å². The van der Waals surface area contributed by atoms with E-state index in [-0.39, 0.29) is 36.0 Å². The summed E-state index contributed by atoms with van der Waals surface area (Å²) in [6, 6.07) is 26.7. The maximum absolute atomic E-state index is 13.7. The second kappa shape index (κ2) is 9.97. The van der Waals surface area contributed by atoms with Crippen LogP contribution in [0.5, 0.6) is 5.75 Å². The summed E-state index contributed by atoms with van der Waals surface area (Å²) in [6.45, 7) is 2.59. The number of nitrogens with one attached hydrogen (secondary N) is 4. The van der Waals surface area contributed by atoms with Gasteiger partial charge in [0.05, 0.1) is 19.3 Å². The fourth-order valence-corrected chi connectivity index (χ4v) is 5.32. The van der Waals surface area contributed by atoms with Gasteiger partial charge >= 0.3 is 0 Å². The van der Waals surface area contributed by atoms with Crippen molar-refractivity contribution in [1.29, 1.82) is 0 Å². The third kappa shape index (κ3) is 4.57. The monoisotopic (exact) mass is 456 g/mol. The molecule has 34 heavy (non-hydrogen) atoms. The molecule has 6 nitrogen and oxygen atoms in total. The molecule has 0 aromatic heterocycles. The van der Waals surface area contributed by atoms with Crippen molar-refractivity contribution < 1.29 is 9.53 Å². The highest BCUT2D eigenvalue weighted by atomic mass is 16.5. The van der Waals surface area contributed by atoms with Crippen molar-refractivity contribution in [3.63, 3.8) is 0 Å². The van der Waals surface area contributed by atoms with E-state index in [0.717, 1.165) is 16.9 Å². The molecule has 3 aromatic rings. The second-order valence-corrected chi connectivity index (χ2v) is 9.24. The third-order valence-electron chi connectivity index (χ3n) is 7.10. The first-order chi connectivity index (χ1) is 16.6. The SMILES string of the molecule is COc1ccccc1C1CC(C(=O)NCc2ccc(C)cc2)C2C(NNC2c2ccccc2)N1. The van der Waals surface area contributed by atoms with E-state index in [2.05, 4.69) is 70.9 Å². The molecule has 4 N–H and O–H groups in total. The summed E-state index contributed by atoms with van der Waals surface area (Å²) in [4.78, 5) is 13.7. The number of para-hydroxylation sites is 1. The van der Waals surface area contributed by atoms with Gasteiger partial charge in [-0.25, -0.2) is 10.9 Å². The highest BCUT2D eigenvalue weighted by Gasteiger charge is 2.49. The van der Waals surface area contributed by atoms with E-state index in [1.165, 1.54) is 11.1 Å². The molecule has 0 aliphatic carbocycles. The van der Waals surface area contributed by atoms with E-state index < -0.39 is 0 Å². The minimum atomic E-state index is -0.181. The average Bonchev–Trinajstić information content (AvgIpc) is 3.32. The summed E-state index contributed by atoms with van der Waals surface area (Å²) in [5.41, 5.74) is 11.5. The number of amides is 1. The first kappa shape index (κ1) is 22.6. The largest absolute Gasteiger partial charge is 0.496 e. The number of carbonyl (C=O) groups is 1. The number of ether oxygens (including phenoxy) is 1. The average molecular weight is 457 g/mol. The predicted octanol–water partition coefficient (Wildman–Crippen LogP) is 3.76. The molecule has 2 aliphatic rings. The Morgan fingerprint density at radius 1 is 0.971 bits per heavy atom. The highest BCUT2D eigenvalue weighted by molar-refractivity contribution is 5.79. The van der Waals surface area contributed by atoms with Crippen LogP contribution in [0.15, 0.2) is 78.9 Å². The maximum atomic E-state index is 13.7. The fourth-order valence-electron chi connectivity index (χ4n) is 5.32. The molecule has 5 atom stereocenters. The number of fused-ring (bicyclic) bond motifs is 1. The van der Waals surface area contributed by atoms with E-state index in [1.54, 1.807) is 7.11 Å². The van der Waals surface area contributed by atoms with Crippen molar-refractivity contribution in [1.82, 2.24) is 21.5 Å². The van der Waals surface area contributed by atoms with Crippen LogP contribution in [0.2, 0.25) is 0 Å². The molecule has 0 bridgehead atoms. The zero-order chi connectivity index (χ0) is 23.5. The van der Waals surface area contributed by atoms with Gasteiger partial charge in [-0.2, -0.15) is 0 Å². The number of hydrazine groups is 1. The number of carbonyl (C=O) groups excluding carboxylic acids is 1. The van der Waals surface area contributed by atoms with Gasteiger partial charge in [-0.05, 0) is 30.5 Å². The smallest absolute Gasteiger partial charge is 0.223 e. The van der Waals surface area contributed by atoms with E-state index >= 15 is 0 Å². The second-order valence-electron chi connectivity index (χ2n) is 9.24. The van der Waals surface area contributed by atoms with E-state index in [9.17, 15) is 4.79 Å². The molecule has 176 valence electrons. The molecular weight excluding hydrogens is 424 g/mol. The first-order valence-corrected chi connectivity index (χ1v) is 11.9. The fraction of sp³-hybridized carbons (Fsp3) is 0.321. The lowest BCUT2D eigenvalue weighted by molar-refractivity contribution is -0.129. The summed E-state index contributed by atoms with van der Waals surface area (Å²) in [7, 11) is 1.69. The number of methoxy groups -OCH3 is 1. The normalized spacial score (nSPS) is 26.0. The van der Waals surface area contributed by atoms with Crippen LogP contribution >= 0.6 is 0 Å². The Morgan fingerprint density at radius 3 is 2.47 bits per heavy atom. The van der Waals surface area contributed by atoms with E-state index in [1.807, 2.05) is 36.4 Å². The number of hydrogen-bond donors (Lipinski definition) is 4. The van der Waals surface area contributed by atoms with Crippen LogP contribution in [-0.4, -0.2) is 19.2 Å². The molecule has 2 fully saturated rings. The van der Waals surface area contributed by atoms with Crippen molar-refractivity contribution >= 4 is 5.91 Å². The lowest BCUT2D eigenvalue weighted by Crippen LogP contribution is -2.54. The summed E-state index contributed by atoms with van der Waals surface area (Å²) < 4.78 is 5.63. The lowest BCUT2D eigenvalue weighted by Gasteiger charge is -2.40. The molecule has 0 saturated carbocycles. The van der Waals surface area contributed by atoms with Crippen molar-refractivity contribution in [2.75, 3.05) is 7.11 Å². The zero-order valence-corrected chi connectivity index (χ0v) is 19.6. The number of piperidine rings is 1. The minimum Gasteiger partial charge on any atom is -0.496 e. The van der Waals surface area contributed by atoms with Gasteiger partial charge in [-0.3, -0.25) is 10.1 Å². The Labute approximate surface area is 201 Å². The number of hydrogen-bond acceptors (Lipinski definition) is 5. The molecule has 5 unspecified atom stereocenters. The molecule has 2 saturated heterocycles. The van der Waals surface area contributed by atoms with Crippen molar-refractivity contribution in [3.8, 4) is 5.75 Å².